The van der Waals surface area contributed by atoms with E-state index in [1.54, 1.807) is 0 Å². The maximum Gasteiger partial charge on any atom is 0.472 e. The van der Waals surface area contributed by atoms with E-state index in [0.29, 0.717) is 23.9 Å². The van der Waals surface area contributed by atoms with Crippen molar-refractivity contribution >= 4 is 19.8 Å². The van der Waals surface area contributed by atoms with Gasteiger partial charge in [0.2, 0.25) is 0 Å². The zero-order valence-electron chi connectivity index (χ0n) is 31.7. The van der Waals surface area contributed by atoms with Gasteiger partial charge in [0.1, 0.15) is 19.8 Å². The van der Waals surface area contributed by atoms with Gasteiger partial charge in [-0.2, -0.15) is 0 Å². The number of likely N-dealkylation sites (N-methyl/N-ethyl adjacent to an activating group) is 1. The molecule has 0 saturated heterocycles. The van der Waals surface area contributed by atoms with Gasteiger partial charge < -0.3 is 18.9 Å². The second-order valence-electron chi connectivity index (χ2n) is 13.6. The second-order valence-corrected chi connectivity index (χ2v) is 15.0. The Labute approximate surface area is 299 Å². The lowest BCUT2D eigenvalue weighted by Crippen LogP contribution is -2.37. The highest BCUT2D eigenvalue weighted by atomic mass is 31.2. The van der Waals surface area contributed by atoms with Gasteiger partial charge in [0.05, 0.1) is 27.7 Å². The SMILES string of the molecule is CC/C=C/C/C=C/C/C=C/C/C=C/CCCCC(=O)OC[C@@H](COP(=O)(O)OCC[N+](C)(C)C)OC(=O)CCCCCCCCCCCC. The number of phosphoric acid groups is 1. The first-order chi connectivity index (χ1) is 23.5. The van der Waals surface area contributed by atoms with Gasteiger partial charge in [-0.25, -0.2) is 4.57 Å². The van der Waals surface area contributed by atoms with Crippen molar-refractivity contribution in [2.45, 2.75) is 142 Å². The summed E-state index contributed by atoms with van der Waals surface area (Å²) in [5.41, 5.74) is 0. The van der Waals surface area contributed by atoms with Gasteiger partial charge >= 0.3 is 19.8 Å². The number of ether oxygens (including phenoxy) is 2. The fourth-order valence-corrected chi connectivity index (χ4v) is 5.39. The van der Waals surface area contributed by atoms with Crippen molar-refractivity contribution in [3.8, 4) is 0 Å². The third-order valence-corrected chi connectivity index (χ3v) is 8.61. The lowest BCUT2D eigenvalue weighted by molar-refractivity contribution is -0.870. The highest BCUT2D eigenvalue weighted by Gasteiger charge is 2.27. The maximum absolute atomic E-state index is 12.6. The highest BCUT2D eigenvalue weighted by Crippen LogP contribution is 2.43. The molecular weight excluding hydrogens is 641 g/mol. The standard InChI is InChI=1S/C39H70NO8P/c1-6-8-10-12-14-16-18-19-20-21-22-24-25-27-29-31-38(41)45-35-37(36-47-49(43,44)46-34-33-40(3,4)5)48-39(42)32-30-28-26-23-17-15-13-11-9-7-2/h8,10,14,16,19-20,22,24,37H,6-7,9,11-13,15,17-18,21,23,25-36H2,1-5H3/p+1/b10-8+,16-14+,20-19+,24-22+/t37-/m0/s1. The number of unbranched alkanes of at least 4 members (excludes halogenated alkanes) is 11. The average molecular weight is 713 g/mol. The fraction of sp³-hybridized carbons (Fsp3) is 0.744. The van der Waals surface area contributed by atoms with Crippen molar-refractivity contribution in [1.29, 1.82) is 0 Å². The van der Waals surface area contributed by atoms with Gasteiger partial charge in [-0.05, 0) is 51.4 Å². The molecule has 2 atom stereocenters. The third-order valence-electron chi connectivity index (χ3n) is 7.62. The molecule has 49 heavy (non-hydrogen) atoms. The molecule has 0 bridgehead atoms. The van der Waals surface area contributed by atoms with Crippen LogP contribution in [0.3, 0.4) is 0 Å². The number of hydrogen-bond donors (Lipinski definition) is 1. The zero-order valence-corrected chi connectivity index (χ0v) is 32.6. The number of carbonyl (C=O) groups excluding carboxylic acids is 2. The predicted octanol–water partition coefficient (Wildman–Crippen LogP) is 9.96. The van der Waals surface area contributed by atoms with Gasteiger partial charge in [0.25, 0.3) is 0 Å². The van der Waals surface area contributed by atoms with E-state index in [2.05, 4.69) is 62.5 Å². The van der Waals surface area contributed by atoms with Crippen LogP contribution < -0.4 is 0 Å². The Morgan fingerprint density at radius 2 is 1.16 bits per heavy atom. The number of rotatable bonds is 33. The number of quaternary nitrogens is 1. The first kappa shape index (κ1) is 47.0. The van der Waals surface area contributed by atoms with E-state index in [1.165, 1.54) is 38.5 Å². The van der Waals surface area contributed by atoms with E-state index in [4.69, 9.17) is 18.5 Å². The van der Waals surface area contributed by atoms with Crippen LogP contribution in [0.1, 0.15) is 136 Å². The van der Waals surface area contributed by atoms with E-state index in [1.807, 2.05) is 21.1 Å². The minimum Gasteiger partial charge on any atom is -0.462 e. The minimum absolute atomic E-state index is 0.0242. The van der Waals surface area contributed by atoms with Crippen molar-refractivity contribution in [3.05, 3.63) is 48.6 Å². The summed E-state index contributed by atoms with van der Waals surface area (Å²) in [6.45, 7) is 4.21. The molecule has 0 spiro atoms. The van der Waals surface area contributed by atoms with Crippen LogP contribution >= 0.6 is 7.82 Å². The Hall–Kier alpha value is -2.03. The van der Waals surface area contributed by atoms with Crippen LogP contribution in [0.4, 0.5) is 0 Å². The Kier molecular flexibility index (Phi) is 30.6. The molecule has 0 aromatic heterocycles. The quantitative estimate of drug-likeness (QED) is 0.0236. The number of nitrogens with zero attached hydrogens (tertiary/aromatic N) is 1. The van der Waals surface area contributed by atoms with E-state index < -0.39 is 32.5 Å². The molecule has 0 aromatic carbocycles. The first-order valence-corrected chi connectivity index (χ1v) is 20.4. The van der Waals surface area contributed by atoms with Crippen LogP contribution in [0.2, 0.25) is 0 Å². The van der Waals surface area contributed by atoms with Gasteiger partial charge in [0.15, 0.2) is 6.10 Å². The van der Waals surface area contributed by atoms with Crippen molar-refractivity contribution in [3.63, 3.8) is 0 Å². The zero-order chi connectivity index (χ0) is 36.5. The van der Waals surface area contributed by atoms with Crippen molar-refractivity contribution in [2.75, 3.05) is 47.5 Å². The molecule has 1 unspecified atom stereocenters. The Morgan fingerprint density at radius 3 is 1.73 bits per heavy atom. The van der Waals surface area contributed by atoms with Gasteiger partial charge in [-0.3, -0.25) is 18.6 Å². The number of hydrogen-bond acceptors (Lipinski definition) is 7. The summed E-state index contributed by atoms with van der Waals surface area (Å²) in [6, 6.07) is 0. The first-order valence-electron chi connectivity index (χ1n) is 18.9. The smallest absolute Gasteiger partial charge is 0.462 e. The molecule has 0 aliphatic heterocycles. The van der Waals surface area contributed by atoms with Crippen molar-refractivity contribution in [2.24, 2.45) is 0 Å². The van der Waals surface area contributed by atoms with Crippen LogP contribution in [0.25, 0.3) is 0 Å². The molecule has 0 aliphatic carbocycles. The number of esters is 2. The van der Waals surface area contributed by atoms with Crippen LogP contribution in [-0.4, -0.2) is 74.9 Å². The molecule has 0 radical (unpaired) electrons. The Bertz CT molecular complexity index is 986. The summed E-state index contributed by atoms with van der Waals surface area (Å²) in [4.78, 5) is 35.1. The van der Waals surface area contributed by atoms with Gasteiger partial charge in [-0.15, -0.1) is 0 Å². The lowest BCUT2D eigenvalue weighted by atomic mass is 10.1. The van der Waals surface area contributed by atoms with E-state index in [0.717, 1.165) is 57.8 Å². The largest absolute Gasteiger partial charge is 0.472 e. The fourth-order valence-electron chi connectivity index (χ4n) is 4.65. The highest BCUT2D eigenvalue weighted by molar-refractivity contribution is 7.47. The van der Waals surface area contributed by atoms with Crippen LogP contribution in [0, 0.1) is 0 Å². The van der Waals surface area contributed by atoms with Crippen molar-refractivity contribution in [1.82, 2.24) is 0 Å². The maximum atomic E-state index is 12.6. The van der Waals surface area contributed by atoms with Gasteiger partial charge in [0, 0.05) is 12.8 Å². The molecule has 0 saturated carbocycles. The van der Waals surface area contributed by atoms with E-state index in [-0.39, 0.29) is 26.1 Å². The second kappa shape index (κ2) is 31.9. The molecule has 284 valence electrons. The van der Waals surface area contributed by atoms with Crippen molar-refractivity contribution < 1.29 is 42.1 Å². The molecule has 1 N–H and O–H groups in total. The van der Waals surface area contributed by atoms with Crippen LogP contribution in [-0.2, 0) is 32.7 Å². The summed E-state index contributed by atoms with van der Waals surface area (Å²) < 4.78 is 34.1. The number of phosphoric ester groups is 1. The summed E-state index contributed by atoms with van der Waals surface area (Å²) in [6.07, 6.45) is 34.5. The average Bonchev–Trinajstić information content (AvgIpc) is 3.04. The van der Waals surface area contributed by atoms with Crippen LogP contribution in [0.15, 0.2) is 48.6 Å². The molecule has 9 nitrogen and oxygen atoms in total. The molecule has 10 heteroatoms. The molecule has 0 fully saturated rings. The molecule has 0 rings (SSSR count). The van der Waals surface area contributed by atoms with Gasteiger partial charge in [-0.1, -0.05) is 120 Å². The topological polar surface area (TPSA) is 108 Å². The minimum atomic E-state index is -4.37. The molecule has 0 amide bonds. The normalized spacial score (nSPS) is 14.3. The molecular formula is C39H71NO8P+. The molecule has 0 aliphatic rings. The Morgan fingerprint density at radius 1 is 0.653 bits per heavy atom. The monoisotopic (exact) mass is 712 g/mol. The summed E-state index contributed by atoms with van der Waals surface area (Å²) in [7, 11) is 1.45. The number of allylic oxidation sites excluding steroid dienone is 8. The summed E-state index contributed by atoms with van der Waals surface area (Å²) in [5.74, 6) is -0.854. The summed E-state index contributed by atoms with van der Waals surface area (Å²) >= 11 is 0. The predicted molar refractivity (Wildman–Crippen MR) is 201 cm³/mol. The Balaban J connectivity index is 4.51. The summed E-state index contributed by atoms with van der Waals surface area (Å²) in [5, 5.41) is 0. The van der Waals surface area contributed by atoms with E-state index in [9.17, 15) is 19.0 Å². The molecule has 0 aromatic rings. The van der Waals surface area contributed by atoms with E-state index >= 15 is 0 Å². The number of carbonyl (C=O) groups is 2. The van der Waals surface area contributed by atoms with Crippen LogP contribution in [0.5, 0.6) is 0 Å². The lowest BCUT2D eigenvalue weighted by Gasteiger charge is -2.24. The third kappa shape index (κ3) is 35.6. The molecule has 0 heterocycles.